The fourth-order valence-corrected chi connectivity index (χ4v) is 4.32. The summed E-state index contributed by atoms with van der Waals surface area (Å²) < 4.78 is 41.6. The van der Waals surface area contributed by atoms with Gasteiger partial charge >= 0.3 is 6.18 Å². The van der Waals surface area contributed by atoms with E-state index in [1.165, 1.54) is 45.7 Å². The molecule has 0 atom stereocenters. The van der Waals surface area contributed by atoms with Crippen molar-refractivity contribution in [2.24, 2.45) is 0 Å². The van der Waals surface area contributed by atoms with Crippen molar-refractivity contribution in [3.8, 4) is 0 Å². The number of nitrogens with zero attached hydrogens (tertiary/aromatic N) is 4. The predicted molar refractivity (Wildman–Crippen MR) is 128 cm³/mol. The monoisotopic (exact) mass is 501 g/mol. The van der Waals surface area contributed by atoms with Crippen LogP contribution in [0.4, 0.5) is 13.2 Å². The van der Waals surface area contributed by atoms with E-state index in [-0.39, 0.29) is 17.8 Å². The van der Waals surface area contributed by atoms with E-state index in [0.29, 0.717) is 30.1 Å². The van der Waals surface area contributed by atoms with Gasteiger partial charge in [-0.05, 0) is 23.3 Å². The predicted octanol–water partition coefficient (Wildman–Crippen LogP) is 3.71. The standard InChI is InChI=1S/C24H22F3N5O2S/c25-24(26,27)19-8-4-7-18(11-19)13-31-16-29-22-20(23(31)34)12-30-32(22)10-9-28-21(33)15-35-14-17-5-2-1-3-6-17/h1-8,11-12,16H,9-10,13-15H2,(H,28,33). The van der Waals surface area contributed by atoms with Crippen LogP contribution in [0.5, 0.6) is 0 Å². The number of rotatable bonds is 9. The number of carbonyl (C=O) groups excluding carboxylic acids is 1. The molecular formula is C24H22F3N5O2S. The highest BCUT2D eigenvalue weighted by molar-refractivity contribution is 7.99. The average Bonchev–Trinajstić information content (AvgIpc) is 3.25. The molecule has 2 heterocycles. The first kappa shape index (κ1) is 24.5. The van der Waals surface area contributed by atoms with Crippen LogP contribution >= 0.6 is 11.8 Å². The first-order valence-corrected chi connectivity index (χ1v) is 11.9. The molecule has 1 N–H and O–H groups in total. The van der Waals surface area contributed by atoms with Gasteiger partial charge in [0.15, 0.2) is 5.65 Å². The zero-order valence-electron chi connectivity index (χ0n) is 18.5. The van der Waals surface area contributed by atoms with Crippen LogP contribution in [0.25, 0.3) is 11.0 Å². The van der Waals surface area contributed by atoms with E-state index in [4.69, 9.17) is 0 Å². The van der Waals surface area contributed by atoms with Gasteiger partial charge in [-0.1, -0.05) is 42.5 Å². The molecule has 4 aromatic rings. The molecule has 1 amide bonds. The molecule has 0 radical (unpaired) electrons. The number of alkyl halides is 3. The third kappa shape index (κ3) is 6.30. The summed E-state index contributed by atoms with van der Waals surface area (Å²) >= 11 is 1.52. The van der Waals surface area contributed by atoms with E-state index in [0.717, 1.165) is 23.4 Å². The van der Waals surface area contributed by atoms with Crippen LogP contribution in [0.1, 0.15) is 16.7 Å². The first-order valence-electron chi connectivity index (χ1n) is 10.8. The van der Waals surface area contributed by atoms with E-state index in [2.05, 4.69) is 15.4 Å². The number of nitrogens with one attached hydrogen (secondary N) is 1. The maximum atomic E-state index is 13.0. The summed E-state index contributed by atoms with van der Waals surface area (Å²) in [6, 6.07) is 14.7. The third-order valence-corrected chi connectivity index (χ3v) is 6.22. The molecule has 182 valence electrons. The summed E-state index contributed by atoms with van der Waals surface area (Å²) in [7, 11) is 0. The minimum absolute atomic E-state index is 0.0480. The van der Waals surface area contributed by atoms with Gasteiger partial charge in [0.1, 0.15) is 11.7 Å². The number of thioether (sulfide) groups is 1. The fourth-order valence-electron chi connectivity index (χ4n) is 3.50. The molecule has 0 bridgehead atoms. The van der Waals surface area contributed by atoms with Gasteiger partial charge in [0.25, 0.3) is 5.56 Å². The van der Waals surface area contributed by atoms with Crippen LogP contribution in [-0.2, 0) is 29.8 Å². The second-order valence-corrected chi connectivity index (χ2v) is 8.79. The lowest BCUT2D eigenvalue weighted by molar-refractivity contribution is -0.137. The Morgan fingerprint density at radius 3 is 2.60 bits per heavy atom. The Labute approximate surface area is 203 Å². The van der Waals surface area contributed by atoms with Gasteiger partial charge < -0.3 is 5.32 Å². The van der Waals surface area contributed by atoms with Gasteiger partial charge in [-0.3, -0.25) is 14.2 Å². The van der Waals surface area contributed by atoms with Crippen LogP contribution in [0, 0.1) is 0 Å². The molecule has 4 rings (SSSR count). The summed E-state index contributed by atoms with van der Waals surface area (Å²) in [5.41, 5.74) is 0.662. The van der Waals surface area contributed by atoms with Crippen LogP contribution in [0.15, 0.2) is 71.9 Å². The van der Waals surface area contributed by atoms with Crippen molar-refractivity contribution in [1.29, 1.82) is 0 Å². The molecule has 0 aliphatic heterocycles. The molecule has 0 saturated heterocycles. The van der Waals surface area contributed by atoms with Gasteiger partial charge in [-0.25, -0.2) is 9.67 Å². The topological polar surface area (TPSA) is 81.8 Å². The van der Waals surface area contributed by atoms with Gasteiger partial charge in [0, 0.05) is 12.3 Å². The summed E-state index contributed by atoms with van der Waals surface area (Å²) in [6.07, 6.45) is -1.78. The van der Waals surface area contributed by atoms with Crippen molar-refractivity contribution in [1.82, 2.24) is 24.6 Å². The summed E-state index contributed by atoms with van der Waals surface area (Å²) in [5, 5.41) is 7.26. The molecule has 35 heavy (non-hydrogen) atoms. The Kier molecular flexibility index (Phi) is 7.54. The zero-order valence-corrected chi connectivity index (χ0v) is 19.4. The number of halogens is 3. The summed E-state index contributed by atoms with van der Waals surface area (Å²) in [4.78, 5) is 29.2. The van der Waals surface area contributed by atoms with Crippen LogP contribution in [-0.4, -0.2) is 37.5 Å². The number of carbonyl (C=O) groups is 1. The largest absolute Gasteiger partial charge is 0.416 e. The number of hydrogen-bond donors (Lipinski definition) is 1. The maximum absolute atomic E-state index is 13.0. The lowest BCUT2D eigenvalue weighted by atomic mass is 10.1. The highest BCUT2D eigenvalue weighted by Crippen LogP contribution is 2.29. The fraction of sp³-hybridized carbons (Fsp3) is 0.250. The quantitative estimate of drug-likeness (QED) is 0.378. The van der Waals surface area contributed by atoms with Crippen molar-refractivity contribution in [2.75, 3.05) is 12.3 Å². The minimum atomic E-state index is -4.46. The van der Waals surface area contributed by atoms with Gasteiger partial charge in [-0.2, -0.15) is 18.3 Å². The van der Waals surface area contributed by atoms with Gasteiger partial charge in [0.2, 0.25) is 5.91 Å². The smallest absolute Gasteiger partial charge is 0.354 e. The molecule has 0 aliphatic carbocycles. The third-order valence-electron chi connectivity index (χ3n) is 5.22. The van der Waals surface area contributed by atoms with Crippen LogP contribution in [0.3, 0.4) is 0 Å². The van der Waals surface area contributed by atoms with Crippen LogP contribution in [0.2, 0.25) is 0 Å². The zero-order chi connectivity index (χ0) is 24.8. The number of amides is 1. The Bertz CT molecular complexity index is 1370. The molecule has 0 saturated carbocycles. The van der Waals surface area contributed by atoms with E-state index < -0.39 is 17.3 Å². The average molecular weight is 502 g/mol. The Balaban J connectivity index is 1.34. The van der Waals surface area contributed by atoms with Crippen molar-refractivity contribution in [3.63, 3.8) is 0 Å². The highest BCUT2D eigenvalue weighted by atomic mass is 32.2. The molecule has 7 nitrogen and oxygen atoms in total. The van der Waals surface area contributed by atoms with Crippen LogP contribution < -0.4 is 10.9 Å². The molecule has 0 unspecified atom stereocenters. The Morgan fingerprint density at radius 2 is 1.83 bits per heavy atom. The molecular weight excluding hydrogens is 479 g/mol. The Hall–Kier alpha value is -3.60. The summed E-state index contributed by atoms with van der Waals surface area (Å²) in [6.45, 7) is 0.590. The molecule has 0 spiro atoms. The normalized spacial score (nSPS) is 11.6. The van der Waals surface area contributed by atoms with E-state index in [1.807, 2.05) is 30.3 Å². The first-order chi connectivity index (χ1) is 16.8. The molecule has 2 aromatic heterocycles. The minimum Gasteiger partial charge on any atom is -0.354 e. The SMILES string of the molecule is O=C(CSCc1ccccc1)NCCn1ncc2c(=O)n(Cc3cccc(C(F)(F)F)c3)cnc21. The molecule has 0 aliphatic rings. The number of fused-ring (bicyclic) bond motifs is 1. The van der Waals surface area contributed by atoms with Gasteiger partial charge in [-0.15, -0.1) is 11.8 Å². The van der Waals surface area contributed by atoms with Crippen molar-refractivity contribution < 1.29 is 18.0 Å². The summed E-state index contributed by atoms with van der Waals surface area (Å²) in [5.74, 6) is 0.973. The van der Waals surface area contributed by atoms with E-state index in [1.54, 1.807) is 0 Å². The molecule has 11 heteroatoms. The van der Waals surface area contributed by atoms with Crippen molar-refractivity contribution in [3.05, 3.63) is 94.2 Å². The Morgan fingerprint density at radius 1 is 1.06 bits per heavy atom. The second kappa shape index (κ2) is 10.8. The van der Waals surface area contributed by atoms with Crippen molar-refractivity contribution in [2.45, 2.75) is 25.0 Å². The van der Waals surface area contributed by atoms with Gasteiger partial charge in [0.05, 0.1) is 30.6 Å². The highest BCUT2D eigenvalue weighted by Gasteiger charge is 2.30. The second-order valence-electron chi connectivity index (χ2n) is 7.81. The number of benzene rings is 2. The molecule has 0 fully saturated rings. The van der Waals surface area contributed by atoms with Crippen molar-refractivity contribution >= 4 is 28.7 Å². The number of hydrogen-bond acceptors (Lipinski definition) is 5. The molecule has 2 aromatic carbocycles. The maximum Gasteiger partial charge on any atom is 0.416 e. The number of aromatic nitrogens is 4. The van der Waals surface area contributed by atoms with E-state index >= 15 is 0 Å². The van der Waals surface area contributed by atoms with E-state index in [9.17, 15) is 22.8 Å². The lowest BCUT2D eigenvalue weighted by Crippen LogP contribution is -2.29. The lowest BCUT2D eigenvalue weighted by Gasteiger charge is -2.10.